The summed E-state index contributed by atoms with van der Waals surface area (Å²) in [4.78, 5) is 17.3. The SMILES string of the molecule is O=C(c1ccc(-c2ccccc2Cl)o1)N1CCC(N2CCSCC2)CC1. The van der Waals surface area contributed by atoms with Crippen molar-refractivity contribution in [3.05, 3.63) is 47.2 Å². The first-order chi connectivity index (χ1) is 12.7. The van der Waals surface area contributed by atoms with E-state index < -0.39 is 0 Å². The number of nitrogens with zero attached hydrogens (tertiary/aromatic N) is 2. The molecule has 3 heterocycles. The van der Waals surface area contributed by atoms with Crippen molar-refractivity contribution in [2.45, 2.75) is 18.9 Å². The van der Waals surface area contributed by atoms with Crippen LogP contribution in [0.2, 0.25) is 5.02 Å². The Hall–Kier alpha value is -1.43. The van der Waals surface area contributed by atoms with Crippen molar-refractivity contribution in [1.82, 2.24) is 9.80 Å². The molecular formula is C20H23ClN2O2S. The van der Waals surface area contributed by atoms with Crippen LogP contribution < -0.4 is 0 Å². The maximum atomic E-state index is 12.8. The molecule has 0 spiro atoms. The highest BCUT2D eigenvalue weighted by Gasteiger charge is 2.29. The average Bonchev–Trinajstić information content (AvgIpc) is 3.18. The van der Waals surface area contributed by atoms with Gasteiger partial charge in [-0.05, 0) is 37.1 Å². The minimum absolute atomic E-state index is 0.0176. The first-order valence-electron chi connectivity index (χ1n) is 9.18. The number of halogens is 1. The summed E-state index contributed by atoms with van der Waals surface area (Å²) in [5.74, 6) is 3.48. The van der Waals surface area contributed by atoms with Crippen molar-refractivity contribution < 1.29 is 9.21 Å². The molecule has 0 atom stereocenters. The smallest absolute Gasteiger partial charge is 0.289 e. The van der Waals surface area contributed by atoms with Crippen LogP contribution in [0, 0.1) is 0 Å². The number of piperidine rings is 1. The number of carbonyl (C=O) groups excluding carboxylic acids is 1. The van der Waals surface area contributed by atoms with Gasteiger partial charge in [0.1, 0.15) is 5.76 Å². The summed E-state index contributed by atoms with van der Waals surface area (Å²) in [5, 5.41) is 0.626. The van der Waals surface area contributed by atoms with Crippen molar-refractivity contribution in [1.29, 1.82) is 0 Å². The molecule has 26 heavy (non-hydrogen) atoms. The van der Waals surface area contributed by atoms with Crippen molar-refractivity contribution >= 4 is 29.3 Å². The fraction of sp³-hybridized carbons (Fsp3) is 0.450. The van der Waals surface area contributed by atoms with Gasteiger partial charge in [0, 0.05) is 49.3 Å². The van der Waals surface area contributed by atoms with Gasteiger partial charge < -0.3 is 9.32 Å². The maximum absolute atomic E-state index is 12.8. The molecule has 0 saturated carbocycles. The molecular weight excluding hydrogens is 368 g/mol. The minimum Gasteiger partial charge on any atom is -0.451 e. The van der Waals surface area contributed by atoms with Crippen LogP contribution in [0.4, 0.5) is 0 Å². The Kier molecular flexibility index (Phi) is 5.57. The van der Waals surface area contributed by atoms with Crippen LogP contribution in [0.15, 0.2) is 40.8 Å². The number of carbonyl (C=O) groups is 1. The molecule has 1 amide bonds. The number of likely N-dealkylation sites (tertiary alicyclic amines) is 1. The van der Waals surface area contributed by atoms with E-state index in [0.29, 0.717) is 22.6 Å². The third-order valence-electron chi connectivity index (χ3n) is 5.27. The Morgan fingerprint density at radius 1 is 1.04 bits per heavy atom. The molecule has 1 aromatic carbocycles. The first kappa shape index (κ1) is 18.0. The van der Waals surface area contributed by atoms with Gasteiger partial charge in [-0.15, -0.1) is 0 Å². The van der Waals surface area contributed by atoms with Crippen LogP contribution in [0.5, 0.6) is 0 Å². The molecule has 0 N–H and O–H groups in total. The van der Waals surface area contributed by atoms with Crippen molar-refractivity contribution in [3.63, 3.8) is 0 Å². The molecule has 1 aromatic heterocycles. The van der Waals surface area contributed by atoms with E-state index in [4.69, 9.17) is 16.0 Å². The van der Waals surface area contributed by atoms with E-state index in [1.165, 1.54) is 24.6 Å². The topological polar surface area (TPSA) is 36.7 Å². The summed E-state index contributed by atoms with van der Waals surface area (Å²) >= 11 is 8.26. The molecule has 0 aliphatic carbocycles. The second-order valence-corrected chi connectivity index (χ2v) is 8.45. The number of hydrogen-bond acceptors (Lipinski definition) is 4. The predicted octanol–water partition coefficient (Wildman–Crippen LogP) is 4.25. The quantitative estimate of drug-likeness (QED) is 0.784. The summed E-state index contributed by atoms with van der Waals surface area (Å²) < 4.78 is 5.82. The van der Waals surface area contributed by atoms with Crippen LogP contribution in [-0.2, 0) is 0 Å². The lowest BCUT2D eigenvalue weighted by molar-refractivity contribution is 0.0602. The highest BCUT2D eigenvalue weighted by atomic mass is 35.5. The zero-order valence-corrected chi connectivity index (χ0v) is 16.3. The molecule has 138 valence electrons. The molecule has 4 rings (SSSR count). The first-order valence-corrected chi connectivity index (χ1v) is 10.7. The molecule has 0 unspecified atom stereocenters. The fourth-order valence-corrected chi connectivity index (χ4v) is 4.95. The van der Waals surface area contributed by atoms with E-state index in [-0.39, 0.29) is 5.91 Å². The highest BCUT2D eigenvalue weighted by Crippen LogP contribution is 2.30. The second kappa shape index (κ2) is 8.07. The summed E-state index contributed by atoms with van der Waals surface area (Å²) in [6.45, 7) is 3.97. The van der Waals surface area contributed by atoms with Crippen LogP contribution in [0.25, 0.3) is 11.3 Å². The van der Waals surface area contributed by atoms with Gasteiger partial charge in [-0.1, -0.05) is 23.7 Å². The Morgan fingerprint density at radius 3 is 2.50 bits per heavy atom. The molecule has 2 saturated heterocycles. The van der Waals surface area contributed by atoms with E-state index in [2.05, 4.69) is 4.90 Å². The Balaban J connectivity index is 1.39. The van der Waals surface area contributed by atoms with E-state index >= 15 is 0 Å². The van der Waals surface area contributed by atoms with Crippen LogP contribution in [0.3, 0.4) is 0 Å². The fourth-order valence-electron chi connectivity index (χ4n) is 3.79. The van der Waals surface area contributed by atoms with Gasteiger partial charge in [0.15, 0.2) is 5.76 Å². The standard InChI is InChI=1S/C20H23ClN2O2S/c21-17-4-2-1-3-16(17)18-5-6-19(25-18)20(24)23-9-7-15(8-10-23)22-11-13-26-14-12-22/h1-6,15H,7-14H2. The lowest BCUT2D eigenvalue weighted by atomic mass is 10.0. The number of amides is 1. The van der Waals surface area contributed by atoms with E-state index in [1.807, 2.05) is 47.0 Å². The van der Waals surface area contributed by atoms with Gasteiger partial charge >= 0.3 is 0 Å². The minimum atomic E-state index is -0.0176. The van der Waals surface area contributed by atoms with Gasteiger partial charge in [-0.2, -0.15) is 11.8 Å². The van der Waals surface area contributed by atoms with Crippen molar-refractivity contribution in [3.8, 4) is 11.3 Å². The number of furan rings is 1. The number of hydrogen-bond donors (Lipinski definition) is 0. The van der Waals surface area contributed by atoms with Gasteiger partial charge in [0.25, 0.3) is 5.91 Å². The number of rotatable bonds is 3. The average molecular weight is 391 g/mol. The summed E-state index contributed by atoms with van der Waals surface area (Å²) in [7, 11) is 0. The third-order valence-corrected chi connectivity index (χ3v) is 6.54. The maximum Gasteiger partial charge on any atom is 0.289 e. The molecule has 6 heteroatoms. The van der Waals surface area contributed by atoms with Gasteiger partial charge in [0.2, 0.25) is 0 Å². The van der Waals surface area contributed by atoms with Crippen LogP contribution in [0.1, 0.15) is 23.4 Å². The summed E-state index contributed by atoms with van der Waals surface area (Å²) in [6.07, 6.45) is 2.10. The van der Waals surface area contributed by atoms with Gasteiger partial charge in [0.05, 0.1) is 5.02 Å². The van der Waals surface area contributed by atoms with Crippen molar-refractivity contribution in [2.75, 3.05) is 37.7 Å². The second-order valence-electron chi connectivity index (χ2n) is 6.82. The highest BCUT2D eigenvalue weighted by molar-refractivity contribution is 7.99. The van der Waals surface area contributed by atoms with Gasteiger partial charge in [-0.25, -0.2) is 0 Å². The molecule has 2 aromatic rings. The Morgan fingerprint density at radius 2 is 1.77 bits per heavy atom. The summed E-state index contributed by atoms with van der Waals surface area (Å²) in [5.41, 5.74) is 0.815. The number of thioether (sulfide) groups is 1. The molecule has 0 bridgehead atoms. The lowest BCUT2D eigenvalue weighted by Gasteiger charge is -2.39. The Bertz CT molecular complexity index is 765. The van der Waals surface area contributed by atoms with Crippen molar-refractivity contribution in [2.24, 2.45) is 0 Å². The van der Waals surface area contributed by atoms with E-state index in [1.54, 1.807) is 6.07 Å². The normalized spacial score (nSPS) is 19.7. The zero-order valence-electron chi connectivity index (χ0n) is 14.7. The third kappa shape index (κ3) is 3.80. The molecule has 2 fully saturated rings. The Labute approximate surface area is 163 Å². The van der Waals surface area contributed by atoms with Crippen LogP contribution >= 0.6 is 23.4 Å². The van der Waals surface area contributed by atoms with E-state index in [0.717, 1.165) is 31.5 Å². The number of benzene rings is 1. The van der Waals surface area contributed by atoms with Gasteiger partial charge in [-0.3, -0.25) is 9.69 Å². The zero-order chi connectivity index (χ0) is 17.9. The predicted molar refractivity (Wildman–Crippen MR) is 107 cm³/mol. The molecule has 0 radical (unpaired) electrons. The molecule has 4 nitrogen and oxygen atoms in total. The molecule has 2 aliphatic rings. The monoisotopic (exact) mass is 390 g/mol. The van der Waals surface area contributed by atoms with Crippen LogP contribution in [-0.4, -0.2) is 59.4 Å². The lowest BCUT2D eigenvalue weighted by Crippen LogP contribution is -2.49. The molecule has 2 aliphatic heterocycles. The largest absolute Gasteiger partial charge is 0.451 e. The summed E-state index contributed by atoms with van der Waals surface area (Å²) in [6, 6.07) is 11.7. The van der Waals surface area contributed by atoms with E-state index in [9.17, 15) is 4.79 Å².